The first-order valence-electron chi connectivity index (χ1n) is 12.1. The summed E-state index contributed by atoms with van der Waals surface area (Å²) in [6.45, 7) is 0.557. The molecule has 0 unspecified atom stereocenters. The molecule has 40 heavy (non-hydrogen) atoms. The number of hydrogen-bond acceptors (Lipinski definition) is 8. The number of carbonyl (C=O) groups excluding carboxylic acids is 1. The number of thioether (sulfide) groups is 2. The van der Waals surface area contributed by atoms with E-state index in [0.717, 1.165) is 10.5 Å². The quantitative estimate of drug-likeness (QED) is 0.0891. The number of pyridine rings is 2. The Kier molecular flexibility index (Phi) is 10.3. The first-order valence-corrected chi connectivity index (χ1v) is 15.3. The van der Waals surface area contributed by atoms with E-state index in [1.165, 1.54) is 28.4 Å². The highest BCUT2D eigenvalue weighted by Gasteiger charge is 2.53. The average Bonchev–Trinajstić information content (AvgIpc) is 2.89. The molecule has 2 aliphatic heterocycles. The molecule has 1 fully saturated rings. The number of aliphatic hydroxyl groups is 1. The number of carboxylic acids is 2. The number of nitrogens with zero attached hydrogens (tertiary/aromatic N) is 3. The molecule has 2 aliphatic rings. The Morgan fingerprint density at radius 3 is 2.55 bits per heavy atom. The summed E-state index contributed by atoms with van der Waals surface area (Å²) in [4.78, 5) is 42.5. The zero-order valence-corrected chi connectivity index (χ0v) is 24.8. The Balaban J connectivity index is 1.33. The number of aliphatic hydroxyl groups excluding tert-OH is 1. The maximum atomic E-state index is 13.0. The maximum absolute atomic E-state index is 13.0. The van der Waals surface area contributed by atoms with Crippen LogP contribution in [-0.2, 0) is 27.3 Å². The summed E-state index contributed by atoms with van der Waals surface area (Å²) in [7, 11) is 0. The van der Waals surface area contributed by atoms with Gasteiger partial charge in [-0.2, -0.15) is 0 Å². The molecule has 0 radical (unpaired) electrons. The second kappa shape index (κ2) is 13.5. The number of nitrogens with one attached hydrogen (secondary N) is 1. The molecule has 0 spiro atoms. The van der Waals surface area contributed by atoms with Crippen LogP contribution in [0.15, 0.2) is 52.8 Å². The number of carbonyl (C=O) groups is 3. The number of aryl methyl sites for hydroxylation is 1. The number of rotatable bonds is 12. The fourth-order valence-corrected chi connectivity index (χ4v) is 7.44. The molecule has 1 saturated heterocycles. The predicted molar refractivity (Wildman–Crippen MR) is 155 cm³/mol. The van der Waals surface area contributed by atoms with Gasteiger partial charge in [0.1, 0.15) is 34.0 Å². The van der Waals surface area contributed by atoms with Crippen LogP contribution < -0.4 is 9.88 Å². The number of aromatic nitrogens is 2. The summed E-state index contributed by atoms with van der Waals surface area (Å²) in [5.74, 6) is -1.86. The first-order chi connectivity index (χ1) is 19.0. The normalized spacial score (nSPS) is 19.1. The summed E-state index contributed by atoms with van der Waals surface area (Å²) < 4.78 is 1.88. The predicted octanol–water partition coefficient (Wildman–Crippen LogP) is 2.78. The molecule has 4 N–H and O–H groups in total. The van der Waals surface area contributed by atoms with Gasteiger partial charge in [0.25, 0.3) is 5.91 Å². The summed E-state index contributed by atoms with van der Waals surface area (Å²) in [6.07, 6.45) is 3.31. The molecule has 0 aromatic carbocycles. The van der Waals surface area contributed by atoms with Crippen molar-refractivity contribution >= 4 is 81.8 Å². The molecular weight excluding hydrogens is 619 g/mol. The van der Waals surface area contributed by atoms with Crippen LogP contribution in [0.3, 0.4) is 0 Å². The van der Waals surface area contributed by atoms with Gasteiger partial charge < -0.3 is 20.6 Å². The van der Waals surface area contributed by atoms with Crippen molar-refractivity contribution in [2.75, 3.05) is 11.5 Å². The zero-order chi connectivity index (χ0) is 29.0. The number of aliphatic carboxylic acids is 2. The molecule has 10 nitrogen and oxygen atoms in total. The van der Waals surface area contributed by atoms with Crippen molar-refractivity contribution in [3.8, 4) is 0 Å². The van der Waals surface area contributed by atoms with Gasteiger partial charge >= 0.3 is 11.9 Å². The van der Waals surface area contributed by atoms with Crippen LogP contribution in [0.2, 0.25) is 10.3 Å². The summed E-state index contributed by atoms with van der Waals surface area (Å²) in [5.41, 5.74) is 1.42. The van der Waals surface area contributed by atoms with Crippen LogP contribution in [0.1, 0.15) is 18.4 Å². The Morgan fingerprint density at radius 1 is 1.25 bits per heavy atom. The van der Waals surface area contributed by atoms with Crippen LogP contribution in [0, 0.1) is 0 Å². The van der Waals surface area contributed by atoms with Crippen molar-refractivity contribution in [3.63, 3.8) is 0 Å². The number of carboxylic acid groups (broad SMARTS) is 2. The molecule has 4 heterocycles. The van der Waals surface area contributed by atoms with Gasteiger partial charge in [-0.25, -0.2) is 19.1 Å². The third kappa shape index (κ3) is 7.45. The molecule has 0 saturated carbocycles. The Labute approximate surface area is 253 Å². The van der Waals surface area contributed by atoms with Crippen molar-refractivity contribution in [1.82, 2.24) is 15.2 Å². The molecule has 0 aliphatic carbocycles. The van der Waals surface area contributed by atoms with E-state index in [2.05, 4.69) is 10.3 Å². The van der Waals surface area contributed by atoms with Crippen LogP contribution in [0.25, 0.3) is 0 Å². The van der Waals surface area contributed by atoms with Crippen molar-refractivity contribution in [2.24, 2.45) is 0 Å². The van der Waals surface area contributed by atoms with Gasteiger partial charge in [-0.3, -0.25) is 9.69 Å². The molecule has 3 atom stereocenters. The minimum Gasteiger partial charge on any atom is -0.479 e. The molecule has 212 valence electrons. The summed E-state index contributed by atoms with van der Waals surface area (Å²) >= 11 is 20.3. The van der Waals surface area contributed by atoms with E-state index in [1.54, 1.807) is 12.1 Å². The van der Waals surface area contributed by atoms with E-state index in [-0.39, 0.29) is 33.7 Å². The lowest BCUT2D eigenvalue weighted by molar-refractivity contribution is -0.697. The number of hydrogen-bond donors (Lipinski definition) is 4. The van der Waals surface area contributed by atoms with E-state index >= 15 is 0 Å². The van der Waals surface area contributed by atoms with Crippen molar-refractivity contribution < 1.29 is 34.3 Å². The smallest absolute Gasteiger partial charge is 0.352 e. The highest BCUT2D eigenvalue weighted by molar-refractivity contribution is 8.01. The zero-order valence-electron chi connectivity index (χ0n) is 20.8. The summed E-state index contributed by atoms with van der Waals surface area (Å²) in [6, 6.07) is 6.42. The molecule has 0 bridgehead atoms. The van der Waals surface area contributed by atoms with Crippen molar-refractivity contribution in [3.05, 3.63) is 63.8 Å². The van der Waals surface area contributed by atoms with Gasteiger partial charge in [0.15, 0.2) is 18.5 Å². The highest BCUT2D eigenvalue weighted by atomic mass is 35.5. The first kappa shape index (κ1) is 30.5. The van der Waals surface area contributed by atoms with E-state index in [1.807, 2.05) is 29.1 Å². The third-order valence-electron chi connectivity index (χ3n) is 6.21. The van der Waals surface area contributed by atoms with Crippen molar-refractivity contribution in [1.29, 1.82) is 0 Å². The number of halogens is 2. The van der Waals surface area contributed by atoms with E-state index in [9.17, 15) is 24.6 Å². The van der Waals surface area contributed by atoms with Crippen LogP contribution in [0.4, 0.5) is 0 Å². The monoisotopic (exact) mass is 643 g/mol. The SMILES string of the molecule is O=C(O)C1=C(CSc2cc[n+](CCC[C@H](O)C(=O)O)cc2)CS[C@@H]2[C@@H](NC(=S)Cc3cc(Cl)nc(Cl)c3)C(=O)N12. The second-order valence-corrected chi connectivity index (χ2v) is 12.5. The maximum Gasteiger partial charge on any atom is 0.352 e. The van der Waals surface area contributed by atoms with Gasteiger partial charge in [-0.05, 0) is 29.7 Å². The lowest BCUT2D eigenvalue weighted by Crippen LogP contribution is -2.70. The third-order valence-corrected chi connectivity index (χ3v) is 9.29. The lowest BCUT2D eigenvalue weighted by Gasteiger charge is -2.49. The average molecular weight is 645 g/mol. The van der Waals surface area contributed by atoms with Crippen molar-refractivity contribution in [2.45, 2.75) is 48.2 Å². The second-order valence-electron chi connectivity index (χ2n) is 9.07. The molecule has 1 amide bonds. The van der Waals surface area contributed by atoms with Crippen LogP contribution in [-0.4, -0.2) is 77.1 Å². The number of β-lactam (4-membered cyclic amide) rings is 1. The van der Waals surface area contributed by atoms with Crippen LogP contribution >= 0.6 is 58.9 Å². The highest BCUT2D eigenvalue weighted by Crippen LogP contribution is 2.41. The number of thiocarbonyl (C=S) groups is 1. The molecular formula is C25H25Cl2N4O6S3+. The van der Waals surface area contributed by atoms with Gasteiger partial charge in [-0.15, -0.1) is 23.5 Å². The minimum absolute atomic E-state index is 0.0147. The van der Waals surface area contributed by atoms with E-state index in [4.69, 9.17) is 40.5 Å². The van der Waals surface area contributed by atoms with Gasteiger partial charge in [0.05, 0.1) is 4.99 Å². The molecule has 4 rings (SSSR count). The Morgan fingerprint density at radius 2 is 1.93 bits per heavy atom. The van der Waals surface area contributed by atoms with Gasteiger partial charge in [-0.1, -0.05) is 35.4 Å². The lowest BCUT2D eigenvalue weighted by atomic mass is 10.0. The topological polar surface area (TPSA) is 144 Å². The molecule has 2 aromatic heterocycles. The molecule has 15 heteroatoms. The fourth-order valence-electron chi connectivity index (χ4n) is 4.27. The largest absolute Gasteiger partial charge is 0.479 e. The van der Waals surface area contributed by atoms with Gasteiger partial charge in [0, 0.05) is 41.4 Å². The Bertz CT molecular complexity index is 1340. The fraction of sp³-hybridized carbons (Fsp3) is 0.360. The molecule has 2 aromatic rings. The standard InChI is InChI=1S/C25H24Cl2N4O6S3/c26-17-8-13(9-18(27)28-17)10-19(38)29-20-22(33)31-21(25(36)37)14(12-40-23(20)31)11-39-15-3-6-30(7-4-15)5-1-2-16(32)24(34)35/h3-4,6-9,16,20,23,32H,1-2,5,10-12H2,(H2-,29,34,35,36,37,38)/p+1/t16-,20-,23+/m0/s1. The van der Waals surface area contributed by atoms with E-state index in [0.29, 0.717) is 41.5 Å². The van der Waals surface area contributed by atoms with Crippen LogP contribution in [0.5, 0.6) is 0 Å². The Hall–Kier alpha value is -2.42. The summed E-state index contributed by atoms with van der Waals surface area (Å²) in [5, 5.41) is 31.2. The van der Waals surface area contributed by atoms with Gasteiger partial charge in [0.2, 0.25) is 0 Å². The number of amides is 1. The minimum atomic E-state index is -1.37. The number of fused-ring (bicyclic) bond motifs is 1. The van der Waals surface area contributed by atoms with E-state index < -0.39 is 24.1 Å².